The lowest BCUT2D eigenvalue weighted by atomic mass is 10.1. The number of anilines is 1. The number of rotatable bonds is 17. The molecular weight excluding hydrogens is 891 g/mol. The number of aliphatic hydroxyl groups is 4. The largest absolute Gasteiger partial charge is 0.480 e. The molecule has 0 saturated heterocycles. The molecule has 0 atom stereocenters. The van der Waals surface area contributed by atoms with E-state index in [4.69, 9.17) is 0 Å². The van der Waals surface area contributed by atoms with Crippen LogP contribution < -0.4 is 5.32 Å². The van der Waals surface area contributed by atoms with Crippen LogP contribution in [0.2, 0.25) is 0 Å². The minimum absolute atomic E-state index is 0.00725. The zero-order valence-electron chi connectivity index (χ0n) is 21.7. The Hall–Kier alpha value is -1.48. The summed E-state index contributed by atoms with van der Waals surface area (Å²) in [5.41, 5.74) is -0.373. The average molecular weight is 921 g/mol. The minimum atomic E-state index is -1.41. The van der Waals surface area contributed by atoms with Gasteiger partial charge in [0.15, 0.2) is 0 Å². The standard InChI is InChI=1S/C22H30I3N5O11/c1-12(35)26-20-18(24)15(21(40)29(10-13(36)37)27(2-6-31)3-7-32)17(23)16(19(20)25)22(41)30(11-14(38)39)28(4-8-33)5-9-34/h31-34H,2-11H2,1H3,(H,26,35)(H,36,37)(H,38,39). The summed E-state index contributed by atoms with van der Waals surface area (Å²) >= 11 is 5.21. The number of hydrogen-bond acceptors (Lipinski definition) is 11. The van der Waals surface area contributed by atoms with Crippen molar-refractivity contribution in [3.05, 3.63) is 21.8 Å². The van der Waals surface area contributed by atoms with Crippen LogP contribution >= 0.6 is 67.8 Å². The summed E-state index contributed by atoms with van der Waals surface area (Å²) < 4.78 is 0.278. The smallest absolute Gasteiger partial charge is 0.324 e. The molecule has 0 aliphatic rings. The van der Waals surface area contributed by atoms with Crippen LogP contribution in [0.3, 0.4) is 0 Å². The number of carbonyl (C=O) groups is 5. The molecule has 0 aliphatic heterocycles. The Morgan fingerprint density at radius 1 is 0.634 bits per heavy atom. The molecule has 0 unspecified atom stereocenters. The first-order chi connectivity index (χ1) is 19.3. The lowest BCUT2D eigenvalue weighted by Gasteiger charge is -2.35. The van der Waals surface area contributed by atoms with Crippen LogP contribution in [-0.4, -0.2) is 146 Å². The highest BCUT2D eigenvalue weighted by atomic mass is 127. The summed E-state index contributed by atoms with van der Waals surface area (Å²) in [5.74, 6) is -5.26. The molecule has 0 spiro atoms. The van der Waals surface area contributed by atoms with Crippen molar-refractivity contribution in [2.45, 2.75) is 6.92 Å². The Kier molecular flexibility index (Phi) is 16.7. The molecule has 19 heteroatoms. The molecule has 1 aromatic carbocycles. The fourth-order valence-electron chi connectivity index (χ4n) is 3.61. The van der Waals surface area contributed by atoms with Crippen molar-refractivity contribution < 1.29 is 54.6 Å². The van der Waals surface area contributed by atoms with Gasteiger partial charge in [0.25, 0.3) is 11.8 Å². The predicted octanol–water partition coefficient (Wildman–Crippen LogP) is -1.08. The first-order valence-electron chi connectivity index (χ1n) is 11.8. The van der Waals surface area contributed by atoms with E-state index >= 15 is 0 Å². The van der Waals surface area contributed by atoms with Crippen LogP contribution in [0.1, 0.15) is 27.6 Å². The summed E-state index contributed by atoms with van der Waals surface area (Å²) in [4.78, 5) is 63.4. The van der Waals surface area contributed by atoms with E-state index in [2.05, 4.69) is 5.32 Å². The molecule has 3 amide bonds. The quantitative estimate of drug-likeness (QED) is 0.0730. The van der Waals surface area contributed by atoms with Gasteiger partial charge in [0.05, 0.1) is 50.4 Å². The van der Waals surface area contributed by atoms with Crippen molar-refractivity contribution in [1.29, 1.82) is 0 Å². The molecule has 0 heterocycles. The van der Waals surface area contributed by atoms with Gasteiger partial charge < -0.3 is 36.0 Å². The van der Waals surface area contributed by atoms with Crippen molar-refractivity contribution in [3.63, 3.8) is 0 Å². The summed E-state index contributed by atoms with van der Waals surface area (Å²) in [5, 5.41) is 63.3. The molecule has 0 aromatic heterocycles. The van der Waals surface area contributed by atoms with Gasteiger partial charge in [0.1, 0.15) is 13.1 Å². The van der Waals surface area contributed by atoms with E-state index in [0.717, 1.165) is 20.0 Å². The number of amides is 3. The Bertz CT molecular complexity index is 1050. The molecule has 0 aliphatic carbocycles. The van der Waals surface area contributed by atoms with Gasteiger partial charge in [-0.25, -0.2) is 10.0 Å². The van der Waals surface area contributed by atoms with Crippen LogP contribution in [-0.2, 0) is 14.4 Å². The average Bonchev–Trinajstić information content (AvgIpc) is 2.87. The van der Waals surface area contributed by atoms with E-state index in [1.54, 1.807) is 67.8 Å². The number of carboxylic acids is 2. The number of halogens is 3. The highest BCUT2D eigenvalue weighted by molar-refractivity contribution is 14.1. The molecule has 1 rings (SSSR count). The fourth-order valence-corrected chi connectivity index (χ4v) is 7.97. The molecule has 0 saturated carbocycles. The number of nitrogens with one attached hydrogen (secondary N) is 1. The molecular formula is C22H30I3N5O11. The van der Waals surface area contributed by atoms with E-state index in [1.807, 2.05) is 0 Å². The lowest BCUT2D eigenvalue weighted by molar-refractivity contribution is -0.143. The number of carbonyl (C=O) groups excluding carboxylic acids is 3. The predicted molar refractivity (Wildman–Crippen MR) is 168 cm³/mol. The van der Waals surface area contributed by atoms with Crippen molar-refractivity contribution in [1.82, 2.24) is 20.0 Å². The third-order valence-corrected chi connectivity index (χ3v) is 8.44. The highest BCUT2D eigenvalue weighted by Gasteiger charge is 2.36. The van der Waals surface area contributed by atoms with E-state index < -0.39 is 69.2 Å². The number of aliphatic hydroxyl groups excluding tert-OH is 4. The summed E-state index contributed by atoms with van der Waals surface area (Å²) in [6, 6.07) is 0. The van der Waals surface area contributed by atoms with Crippen LogP contribution in [0.15, 0.2) is 0 Å². The fraction of sp³-hybridized carbons (Fsp3) is 0.500. The molecule has 1 aromatic rings. The normalized spacial score (nSPS) is 11.1. The first-order valence-corrected chi connectivity index (χ1v) is 15.0. The topological polar surface area (TPSA) is 232 Å². The number of hydrogen-bond donors (Lipinski definition) is 7. The summed E-state index contributed by atoms with van der Waals surface area (Å²) in [6.45, 7) is -3.37. The van der Waals surface area contributed by atoms with Gasteiger partial charge in [0, 0.05) is 36.7 Å². The van der Waals surface area contributed by atoms with Crippen molar-refractivity contribution >= 4 is 103 Å². The Morgan fingerprint density at radius 2 is 0.951 bits per heavy atom. The number of hydrazine groups is 2. The van der Waals surface area contributed by atoms with Gasteiger partial charge in [-0.3, -0.25) is 34.0 Å². The monoisotopic (exact) mass is 921 g/mol. The summed E-state index contributed by atoms with van der Waals surface area (Å²) in [6.07, 6.45) is 0. The van der Waals surface area contributed by atoms with Crippen molar-refractivity contribution in [2.75, 3.05) is 71.0 Å². The summed E-state index contributed by atoms with van der Waals surface area (Å²) in [7, 11) is 0. The zero-order valence-corrected chi connectivity index (χ0v) is 28.2. The molecule has 0 fully saturated rings. The maximum absolute atomic E-state index is 14.0. The van der Waals surface area contributed by atoms with Gasteiger partial charge in [-0.1, -0.05) is 0 Å². The van der Waals surface area contributed by atoms with Crippen molar-refractivity contribution in [2.24, 2.45) is 0 Å². The van der Waals surface area contributed by atoms with Crippen LogP contribution in [0.5, 0.6) is 0 Å². The van der Waals surface area contributed by atoms with E-state index in [0.29, 0.717) is 0 Å². The van der Waals surface area contributed by atoms with Crippen LogP contribution in [0, 0.1) is 10.7 Å². The Balaban J connectivity index is 4.05. The highest BCUT2D eigenvalue weighted by Crippen LogP contribution is 2.37. The van der Waals surface area contributed by atoms with Crippen molar-refractivity contribution in [3.8, 4) is 0 Å². The number of benzene rings is 1. The van der Waals surface area contributed by atoms with E-state index in [1.165, 1.54) is 6.92 Å². The molecule has 7 N–H and O–H groups in total. The van der Waals surface area contributed by atoms with Crippen LogP contribution in [0.4, 0.5) is 5.69 Å². The van der Waals surface area contributed by atoms with Gasteiger partial charge in [-0.15, -0.1) is 0 Å². The third kappa shape index (κ3) is 10.3. The number of aliphatic carboxylic acids is 2. The maximum Gasteiger partial charge on any atom is 0.324 e. The second-order valence-electron chi connectivity index (χ2n) is 8.06. The Morgan fingerprint density at radius 3 is 1.20 bits per heavy atom. The molecule has 16 nitrogen and oxygen atoms in total. The molecule has 41 heavy (non-hydrogen) atoms. The lowest BCUT2D eigenvalue weighted by Crippen LogP contribution is -2.52. The van der Waals surface area contributed by atoms with Crippen LogP contribution in [0.25, 0.3) is 0 Å². The minimum Gasteiger partial charge on any atom is -0.480 e. The maximum atomic E-state index is 14.0. The SMILES string of the molecule is CC(=O)Nc1c(I)c(C(=O)N(CC(=O)O)N(CCO)CCO)c(I)c(C(=O)N(CC(=O)O)N(CCO)CCO)c1I. The number of carboxylic acid groups (broad SMARTS) is 2. The zero-order chi connectivity index (χ0) is 31.4. The molecule has 230 valence electrons. The van der Waals surface area contributed by atoms with Gasteiger partial charge in [0.2, 0.25) is 5.91 Å². The first kappa shape index (κ1) is 37.5. The van der Waals surface area contributed by atoms with Gasteiger partial charge in [-0.05, 0) is 67.8 Å². The van der Waals surface area contributed by atoms with E-state index in [-0.39, 0.29) is 53.7 Å². The second kappa shape index (κ2) is 18.2. The van der Waals surface area contributed by atoms with E-state index in [9.17, 15) is 54.6 Å². The molecule has 0 bridgehead atoms. The van der Waals surface area contributed by atoms with Gasteiger partial charge >= 0.3 is 11.9 Å². The number of nitrogens with zero attached hydrogens (tertiary/aromatic N) is 4. The van der Waals surface area contributed by atoms with Gasteiger partial charge in [-0.2, -0.15) is 0 Å². The molecule has 0 radical (unpaired) electrons. The second-order valence-corrected chi connectivity index (χ2v) is 11.3. The third-order valence-electron chi connectivity index (χ3n) is 5.20. The Labute approximate surface area is 275 Å².